The molecule has 2 aromatic rings. The van der Waals surface area contributed by atoms with Gasteiger partial charge >= 0.3 is 0 Å². The van der Waals surface area contributed by atoms with E-state index in [-0.39, 0.29) is 24.4 Å². The van der Waals surface area contributed by atoms with Gasteiger partial charge in [-0.1, -0.05) is 0 Å². The lowest BCUT2D eigenvalue weighted by Crippen LogP contribution is -2.48. The van der Waals surface area contributed by atoms with Crippen LogP contribution in [-0.2, 0) is 11.3 Å². The number of carbonyl (C=O) groups is 2. The van der Waals surface area contributed by atoms with E-state index < -0.39 is 17.5 Å². The molecular formula is C23H27F2N3O4. The molecule has 0 aromatic heterocycles. The third kappa shape index (κ3) is 5.94. The Balaban J connectivity index is 1.44. The summed E-state index contributed by atoms with van der Waals surface area (Å²) < 4.78 is 37.3. The van der Waals surface area contributed by atoms with Gasteiger partial charge in [-0.05, 0) is 30.3 Å². The van der Waals surface area contributed by atoms with Crippen molar-refractivity contribution in [2.45, 2.75) is 13.0 Å². The number of carbonyl (C=O) groups excluding carboxylic acids is 2. The number of nitrogens with one attached hydrogen (secondary N) is 1. The first-order chi connectivity index (χ1) is 15.4. The van der Waals surface area contributed by atoms with Crippen LogP contribution in [0.15, 0.2) is 36.4 Å². The van der Waals surface area contributed by atoms with Crippen LogP contribution < -0.4 is 14.8 Å². The van der Waals surface area contributed by atoms with Gasteiger partial charge < -0.3 is 19.7 Å². The van der Waals surface area contributed by atoms with E-state index in [9.17, 15) is 18.4 Å². The first-order valence-electron chi connectivity index (χ1n) is 10.4. The fraction of sp³-hybridized carbons (Fsp3) is 0.391. The van der Waals surface area contributed by atoms with Gasteiger partial charge in [-0.3, -0.25) is 14.5 Å². The van der Waals surface area contributed by atoms with Crippen LogP contribution in [0.25, 0.3) is 0 Å². The van der Waals surface area contributed by atoms with Gasteiger partial charge in [0.1, 0.15) is 23.1 Å². The largest absolute Gasteiger partial charge is 0.497 e. The summed E-state index contributed by atoms with van der Waals surface area (Å²) in [7, 11) is 3.25. The van der Waals surface area contributed by atoms with Crippen LogP contribution in [0.2, 0.25) is 0 Å². The minimum Gasteiger partial charge on any atom is -0.497 e. The van der Waals surface area contributed by atoms with Crippen molar-refractivity contribution in [3.05, 3.63) is 59.2 Å². The Morgan fingerprint density at radius 3 is 2.41 bits per heavy atom. The predicted octanol–water partition coefficient (Wildman–Crippen LogP) is 2.45. The Bertz CT molecular complexity index is 962. The van der Waals surface area contributed by atoms with Gasteiger partial charge in [0.05, 0.1) is 19.8 Å². The van der Waals surface area contributed by atoms with E-state index in [1.807, 2.05) is 18.2 Å². The molecule has 0 atom stereocenters. The van der Waals surface area contributed by atoms with Crippen molar-refractivity contribution in [1.29, 1.82) is 0 Å². The molecular weight excluding hydrogens is 420 g/mol. The second-order valence-corrected chi connectivity index (χ2v) is 7.46. The van der Waals surface area contributed by atoms with Gasteiger partial charge in [-0.2, -0.15) is 0 Å². The molecule has 1 fully saturated rings. The number of amides is 2. The van der Waals surface area contributed by atoms with Crippen LogP contribution in [0.3, 0.4) is 0 Å². The highest BCUT2D eigenvalue weighted by Crippen LogP contribution is 2.25. The van der Waals surface area contributed by atoms with E-state index in [0.717, 1.165) is 29.2 Å². The highest BCUT2D eigenvalue weighted by atomic mass is 19.1. The van der Waals surface area contributed by atoms with Crippen molar-refractivity contribution >= 4 is 11.8 Å². The summed E-state index contributed by atoms with van der Waals surface area (Å²) >= 11 is 0. The zero-order valence-electron chi connectivity index (χ0n) is 18.2. The lowest BCUT2D eigenvalue weighted by atomic mass is 10.1. The normalized spacial score (nSPS) is 14.2. The first kappa shape index (κ1) is 23.5. The van der Waals surface area contributed by atoms with Crippen molar-refractivity contribution < 1.29 is 27.8 Å². The molecule has 0 bridgehead atoms. The molecule has 1 heterocycles. The van der Waals surface area contributed by atoms with Crippen LogP contribution in [-0.4, -0.2) is 68.6 Å². The maximum atomic E-state index is 13.7. The maximum absolute atomic E-state index is 13.7. The van der Waals surface area contributed by atoms with Crippen molar-refractivity contribution in [2.24, 2.45) is 0 Å². The first-order valence-corrected chi connectivity index (χ1v) is 10.4. The smallest absolute Gasteiger partial charge is 0.254 e. The number of methoxy groups -OCH3 is 2. The lowest BCUT2D eigenvalue weighted by molar-refractivity contribution is -0.132. The van der Waals surface area contributed by atoms with E-state index in [0.29, 0.717) is 38.8 Å². The Morgan fingerprint density at radius 1 is 1.00 bits per heavy atom. The topological polar surface area (TPSA) is 71.1 Å². The summed E-state index contributed by atoms with van der Waals surface area (Å²) in [4.78, 5) is 28.5. The molecule has 1 aliphatic heterocycles. The number of halogens is 2. The van der Waals surface area contributed by atoms with Gasteiger partial charge in [0.15, 0.2) is 0 Å². The monoisotopic (exact) mass is 447 g/mol. The number of piperazine rings is 1. The number of benzene rings is 2. The molecule has 7 nitrogen and oxygen atoms in total. The SMILES string of the molecule is COc1ccc(OC)c(CN2CCN(C(=O)CCNC(=O)c3ccc(F)cc3F)CC2)c1. The molecule has 0 radical (unpaired) electrons. The average molecular weight is 447 g/mol. The Hall–Kier alpha value is -3.20. The van der Waals surface area contributed by atoms with E-state index in [1.165, 1.54) is 0 Å². The minimum atomic E-state index is -0.933. The third-order valence-electron chi connectivity index (χ3n) is 5.41. The van der Waals surface area contributed by atoms with Gasteiger partial charge in [0.25, 0.3) is 5.91 Å². The fourth-order valence-corrected chi connectivity index (χ4v) is 3.61. The number of hydrogen-bond donors (Lipinski definition) is 1. The van der Waals surface area contributed by atoms with Gasteiger partial charge in [0, 0.05) is 57.3 Å². The van der Waals surface area contributed by atoms with Gasteiger partial charge in [-0.15, -0.1) is 0 Å². The summed E-state index contributed by atoms with van der Waals surface area (Å²) in [6.07, 6.45) is 0.109. The molecule has 9 heteroatoms. The molecule has 0 aliphatic carbocycles. The fourth-order valence-electron chi connectivity index (χ4n) is 3.61. The summed E-state index contributed by atoms with van der Waals surface area (Å²) in [5.41, 5.74) is 0.766. The molecule has 2 aromatic carbocycles. The minimum absolute atomic E-state index is 0.0791. The molecule has 0 spiro atoms. The summed E-state index contributed by atoms with van der Waals surface area (Å²) in [6.45, 7) is 3.33. The van der Waals surface area contributed by atoms with Crippen LogP contribution in [0.5, 0.6) is 11.5 Å². The number of hydrogen-bond acceptors (Lipinski definition) is 5. The number of rotatable bonds is 8. The molecule has 3 rings (SSSR count). The zero-order chi connectivity index (χ0) is 23.1. The second-order valence-electron chi connectivity index (χ2n) is 7.46. The Labute approximate surface area is 185 Å². The van der Waals surface area contributed by atoms with E-state index >= 15 is 0 Å². The molecule has 0 saturated carbocycles. The third-order valence-corrected chi connectivity index (χ3v) is 5.41. The van der Waals surface area contributed by atoms with Crippen LogP contribution in [0, 0.1) is 11.6 Å². The van der Waals surface area contributed by atoms with Crippen molar-refractivity contribution in [2.75, 3.05) is 46.9 Å². The van der Waals surface area contributed by atoms with Crippen LogP contribution in [0.4, 0.5) is 8.78 Å². The number of nitrogens with zero attached hydrogens (tertiary/aromatic N) is 2. The molecule has 1 saturated heterocycles. The summed E-state index contributed by atoms with van der Waals surface area (Å²) in [5.74, 6) is -0.888. The molecule has 2 amide bonds. The Kier molecular flexibility index (Phi) is 7.99. The van der Waals surface area contributed by atoms with Crippen molar-refractivity contribution in [3.8, 4) is 11.5 Å². The molecule has 1 aliphatic rings. The lowest BCUT2D eigenvalue weighted by Gasteiger charge is -2.35. The van der Waals surface area contributed by atoms with E-state index in [1.54, 1.807) is 19.1 Å². The molecule has 32 heavy (non-hydrogen) atoms. The van der Waals surface area contributed by atoms with Gasteiger partial charge in [-0.25, -0.2) is 8.78 Å². The van der Waals surface area contributed by atoms with E-state index in [2.05, 4.69) is 10.2 Å². The standard InChI is InChI=1S/C23H27F2N3O4/c1-31-18-4-6-21(32-2)16(13-18)15-27-9-11-28(12-10-27)22(29)7-8-26-23(30)19-5-3-17(24)14-20(19)25/h3-6,13-14H,7-12,15H2,1-2H3,(H,26,30). The highest BCUT2D eigenvalue weighted by molar-refractivity contribution is 5.94. The summed E-state index contributed by atoms with van der Waals surface area (Å²) in [6, 6.07) is 8.42. The van der Waals surface area contributed by atoms with Crippen LogP contribution in [0.1, 0.15) is 22.3 Å². The quantitative estimate of drug-likeness (QED) is 0.673. The molecule has 172 valence electrons. The summed E-state index contributed by atoms with van der Waals surface area (Å²) in [5, 5.41) is 2.51. The Morgan fingerprint density at radius 2 is 1.75 bits per heavy atom. The second kappa shape index (κ2) is 10.9. The van der Waals surface area contributed by atoms with Crippen LogP contribution >= 0.6 is 0 Å². The maximum Gasteiger partial charge on any atom is 0.254 e. The van der Waals surface area contributed by atoms with Crippen molar-refractivity contribution in [3.63, 3.8) is 0 Å². The van der Waals surface area contributed by atoms with Gasteiger partial charge in [0.2, 0.25) is 5.91 Å². The zero-order valence-corrected chi connectivity index (χ0v) is 18.2. The predicted molar refractivity (Wildman–Crippen MR) is 115 cm³/mol. The average Bonchev–Trinajstić information content (AvgIpc) is 2.79. The highest BCUT2D eigenvalue weighted by Gasteiger charge is 2.22. The van der Waals surface area contributed by atoms with E-state index in [4.69, 9.17) is 9.47 Å². The number of ether oxygens (including phenoxy) is 2. The van der Waals surface area contributed by atoms with Crippen molar-refractivity contribution in [1.82, 2.24) is 15.1 Å². The molecule has 0 unspecified atom stereocenters. The molecule has 1 N–H and O–H groups in total.